The van der Waals surface area contributed by atoms with Crippen LogP contribution in [0, 0.1) is 11.3 Å². The van der Waals surface area contributed by atoms with E-state index in [0.717, 1.165) is 109 Å². The molecule has 1 unspecified atom stereocenters. The van der Waals surface area contributed by atoms with Crippen LogP contribution in [-0.4, -0.2) is 138 Å². The SMILES string of the molecule is BrCc1cccc(CBr)n1.CC#N.CCCc1cnc[nH]1.O=C(n1ccnc1)n1ccnc1.O=C1NCCC2CNCN12.O=C1NCCc2c[n+](Cc3cccc(C[n+]4cc5n(c4)C(=O)NCC5)n3)cn21.O=C1NCCc2cncn21. The van der Waals surface area contributed by atoms with Crippen molar-refractivity contribution in [3.8, 4) is 6.07 Å². The normalized spacial score (nSPS) is 15.0. The van der Waals surface area contributed by atoms with Gasteiger partial charge in [0.05, 0.1) is 41.8 Å². The van der Waals surface area contributed by atoms with E-state index in [1.807, 2.05) is 81.7 Å². The lowest BCUT2D eigenvalue weighted by molar-refractivity contribution is -0.689. The average Bonchev–Trinajstić information content (AvgIpc) is 4.37. The first-order valence-corrected chi connectivity index (χ1v) is 28.4. The highest BCUT2D eigenvalue weighted by molar-refractivity contribution is 9.08. The Hall–Kier alpha value is -8.68. The Labute approximate surface area is 484 Å². The summed E-state index contributed by atoms with van der Waals surface area (Å²) in [6, 6.07) is 13.8. The van der Waals surface area contributed by atoms with Gasteiger partial charge >= 0.3 is 30.2 Å². The van der Waals surface area contributed by atoms with Crippen LogP contribution in [0.1, 0.15) is 72.2 Å². The summed E-state index contributed by atoms with van der Waals surface area (Å²) in [6.45, 7) is 9.37. The molecule has 0 saturated carbocycles. The molecule has 13 rings (SSSR count). The van der Waals surface area contributed by atoms with E-state index in [2.05, 4.69) is 95.3 Å². The van der Waals surface area contributed by atoms with Gasteiger partial charge in [0.2, 0.25) is 0 Å². The number of nitriles is 1. The average molecular weight is 1240 g/mol. The molecule has 0 radical (unpaired) electrons. The number of aromatic amines is 1. The number of H-pyrrole nitrogens is 1. The van der Waals surface area contributed by atoms with Gasteiger partial charge in [0, 0.05) is 124 Å². The van der Waals surface area contributed by atoms with Crippen LogP contribution in [0.4, 0.5) is 24.0 Å². The summed E-state index contributed by atoms with van der Waals surface area (Å²) in [5, 5.41) is 23.3. The smallest absolute Gasteiger partial charge is 0.348 e. The maximum atomic E-state index is 11.9. The number of amides is 5. The number of hydrogen-bond donors (Lipinski definition) is 6. The molecule has 0 bridgehead atoms. The minimum atomic E-state index is -0.190. The first-order chi connectivity index (χ1) is 39.5. The molecular weight excluding hydrogens is 1170 g/mol. The van der Waals surface area contributed by atoms with Crippen LogP contribution in [0.25, 0.3) is 0 Å². The number of nitrogens with one attached hydrogen (secondary N) is 6. The molecular formula is C53H65Br2N21O5+2. The standard InChI is InChI=1S/C19H19N7O2.C7H7Br2N.C7H6N4O.C6H11N3O.C6H7N3O.C6H10N2.C2H3N/c27-18-20-6-4-16-10-23(12-25(16)18)8-14-2-1-3-15(22-14)9-24-11-17-5-7-21-19(28)26(17)13-24;8-4-6-2-1-3-7(5-9)10-6;12-7(10-3-1-8-5-10)11-4-2-9-6-11;2*10-6-8-2-1-5-3-7-4-9(5)6;1-2-3-6-4-7-5-8-6;1-2-3/h1-3,10-13H,4-9H2;1-3H,4-5H2;1-6H;5,7H,1-4H2,(H,8,10);3-4H,1-2H2,(H,8,10);4-5H,2-3H2,1H3,(H,7,8);1H3/p+2. The number of nitrogens with zero attached hydrogens (tertiary/aromatic N) is 15. The number of carbonyl (C=O) groups excluding carboxylic acids is 5. The number of aromatic nitrogens is 14. The molecule has 6 N–H and O–H groups in total. The third-order valence-corrected chi connectivity index (χ3v) is 13.6. The van der Waals surface area contributed by atoms with Gasteiger partial charge in [-0.3, -0.25) is 24.0 Å². The Kier molecular flexibility index (Phi) is 23.1. The quantitative estimate of drug-likeness (QED) is 0.0917. The minimum absolute atomic E-state index is 0.0706. The molecule has 1 atom stereocenters. The first kappa shape index (κ1) is 60.0. The Balaban J connectivity index is 0.000000150. The van der Waals surface area contributed by atoms with E-state index in [-0.39, 0.29) is 30.2 Å². The van der Waals surface area contributed by atoms with Crippen molar-refractivity contribution >= 4 is 62.0 Å². The number of rotatable bonds is 8. The molecule has 5 amide bonds. The van der Waals surface area contributed by atoms with Gasteiger partial charge < -0.3 is 31.2 Å². The first-order valence-electron chi connectivity index (χ1n) is 26.1. The molecule has 0 aromatic carbocycles. The van der Waals surface area contributed by atoms with Crippen molar-refractivity contribution in [2.45, 2.75) is 82.2 Å². The Morgan fingerprint density at radius 1 is 0.679 bits per heavy atom. The van der Waals surface area contributed by atoms with Crippen LogP contribution in [0.3, 0.4) is 0 Å². The van der Waals surface area contributed by atoms with E-state index in [4.69, 9.17) is 10.2 Å². The number of pyridine rings is 2. The van der Waals surface area contributed by atoms with Gasteiger partial charge in [-0.05, 0) is 37.1 Å². The van der Waals surface area contributed by atoms with E-state index in [1.165, 1.54) is 51.7 Å². The second-order valence-electron chi connectivity index (χ2n) is 18.3. The lowest BCUT2D eigenvalue weighted by Gasteiger charge is -2.28. The van der Waals surface area contributed by atoms with Crippen LogP contribution >= 0.6 is 31.9 Å². The number of aryl methyl sites for hydroxylation is 1. The molecule has 13 heterocycles. The molecule has 0 spiro atoms. The highest BCUT2D eigenvalue weighted by Gasteiger charge is 2.31. The Bertz CT molecular complexity index is 3170. The maximum Gasteiger partial charge on any atom is 0.413 e. The van der Waals surface area contributed by atoms with Crippen LogP contribution in [0.5, 0.6) is 0 Å². The lowest BCUT2D eigenvalue weighted by atomic mass is 10.2. The predicted octanol–water partition coefficient (Wildman–Crippen LogP) is 4.27. The third kappa shape index (κ3) is 17.7. The summed E-state index contributed by atoms with van der Waals surface area (Å²) in [5.41, 5.74) is 8.24. The molecule has 5 aliphatic rings. The van der Waals surface area contributed by atoms with Gasteiger partial charge in [-0.2, -0.15) is 5.26 Å². The second-order valence-corrected chi connectivity index (χ2v) is 19.4. The molecule has 26 nitrogen and oxygen atoms in total. The number of halogens is 2. The number of carbonyl (C=O) groups is 5. The lowest BCUT2D eigenvalue weighted by Crippen LogP contribution is -2.49. The van der Waals surface area contributed by atoms with Crippen molar-refractivity contribution < 1.29 is 33.1 Å². The summed E-state index contributed by atoms with van der Waals surface area (Å²) < 4.78 is 11.6. The molecule has 0 aliphatic carbocycles. The van der Waals surface area contributed by atoms with Crippen molar-refractivity contribution in [3.63, 3.8) is 0 Å². The zero-order valence-electron chi connectivity index (χ0n) is 44.9. The van der Waals surface area contributed by atoms with Crippen molar-refractivity contribution in [2.24, 2.45) is 0 Å². The summed E-state index contributed by atoms with van der Waals surface area (Å²) in [5.74, 6) is 0. The second kappa shape index (κ2) is 31.2. The third-order valence-electron chi connectivity index (χ3n) is 12.5. The predicted molar refractivity (Wildman–Crippen MR) is 302 cm³/mol. The Morgan fingerprint density at radius 3 is 1.67 bits per heavy atom. The highest BCUT2D eigenvalue weighted by Crippen LogP contribution is 2.12. The molecule has 2 fully saturated rings. The fourth-order valence-electron chi connectivity index (χ4n) is 8.63. The van der Waals surface area contributed by atoms with Crippen molar-refractivity contribution in [3.05, 3.63) is 169 Å². The molecule has 5 aliphatic heterocycles. The molecule has 81 heavy (non-hydrogen) atoms. The van der Waals surface area contributed by atoms with Crippen molar-refractivity contribution in [2.75, 3.05) is 39.4 Å². The van der Waals surface area contributed by atoms with Crippen LogP contribution in [0.15, 0.2) is 124 Å². The van der Waals surface area contributed by atoms with Crippen LogP contribution < -0.4 is 35.7 Å². The highest BCUT2D eigenvalue weighted by atomic mass is 79.9. The monoisotopic (exact) mass is 1230 g/mol. The van der Waals surface area contributed by atoms with Gasteiger partial charge in [0.15, 0.2) is 11.4 Å². The number of hydrogen-bond acceptors (Lipinski definition) is 13. The van der Waals surface area contributed by atoms with Gasteiger partial charge in [0.1, 0.15) is 44.5 Å². The van der Waals surface area contributed by atoms with Crippen LogP contribution in [-0.2, 0) is 49.4 Å². The fourth-order valence-corrected chi connectivity index (χ4v) is 9.25. The minimum Gasteiger partial charge on any atom is -0.348 e. The topological polar surface area (TPSA) is 298 Å². The van der Waals surface area contributed by atoms with Gasteiger partial charge in [-0.1, -0.05) is 57.3 Å². The van der Waals surface area contributed by atoms with Crippen molar-refractivity contribution in [1.29, 1.82) is 5.26 Å². The van der Waals surface area contributed by atoms with E-state index in [1.54, 1.807) is 52.5 Å². The number of urea groups is 1. The van der Waals surface area contributed by atoms with Gasteiger partial charge in [-0.25, -0.2) is 58.0 Å². The summed E-state index contributed by atoms with van der Waals surface area (Å²) in [7, 11) is 0. The molecule has 8 aromatic rings. The van der Waals surface area contributed by atoms with E-state index in [9.17, 15) is 24.0 Å². The molecule has 2 saturated heterocycles. The van der Waals surface area contributed by atoms with E-state index >= 15 is 0 Å². The largest absolute Gasteiger partial charge is 0.413 e. The summed E-state index contributed by atoms with van der Waals surface area (Å²) in [6.07, 6.45) is 29.5. The van der Waals surface area contributed by atoms with Crippen LogP contribution in [0.2, 0.25) is 0 Å². The van der Waals surface area contributed by atoms with E-state index < -0.39 is 0 Å². The Morgan fingerprint density at radius 2 is 1.20 bits per heavy atom. The summed E-state index contributed by atoms with van der Waals surface area (Å²) in [4.78, 5) is 86.4. The van der Waals surface area contributed by atoms with Crippen molar-refractivity contribution in [1.82, 2.24) is 89.2 Å². The molecule has 28 heteroatoms. The number of fused-ring (bicyclic) bond motifs is 4. The zero-order valence-corrected chi connectivity index (χ0v) is 48.1. The number of imidazole rings is 6. The van der Waals surface area contributed by atoms with Gasteiger partial charge in [-0.15, -0.1) is 9.13 Å². The zero-order chi connectivity index (χ0) is 57.3. The summed E-state index contributed by atoms with van der Waals surface area (Å²) >= 11 is 6.69. The molecule has 424 valence electrons. The maximum absolute atomic E-state index is 11.9. The number of alkyl halides is 2. The van der Waals surface area contributed by atoms with Gasteiger partial charge in [0.25, 0.3) is 12.7 Å². The van der Waals surface area contributed by atoms with E-state index in [0.29, 0.717) is 32.2 Å². The molecule has 8 aromatic heterocycles. The fraction of sp³-hybridized carbons (Fsp3) is 0.358.